The molecule has 0 spiro atoms. The lowest BCUT2D eigenvalue weighted by atomic mass is 9.84. The largest absolute Gasteiger partial charge is 0.425 e. The highest BCUT2D eigenvalue weighted by Crippen LogP contribution is 2.42. The molecule has 1 unspecified atom stereocenters. The van der Waals surface area contributed by atoms with Gasteiger partial charge in [-0.2, -0.15) is 0 Å². The minimum absolute atomic E-state index is 0.0594. The second-order valence-corrected chi connectivity index (χ2v) is 12.7. The highest BCUT2D eigenvalue weighted by atomic mass is 16.5. The molecule has 2 aliphatic heterocycles. The third-order valence-electron chi connectivity index (χ3n) is 9.28. The Labute approximate surface area is 239 Å². The summed E-state index contributed by atoms with van der Waals surface area (Å²) >= 11 is 0. The minimum atomic E-state index is -0.242. The number of hydrogen-bond donors (Lipinski definition) is 0. The Bertz CT molecular complexity index is 1040. The molecule has 1 aromatic carbocycles. The third kappa shape index (κ3) is 7.14. The predicted octanol–water partition coefficient (Wildman–Crippen LogP) is 3.58. The zero-order valence-electron chi connectivity index (χ0n) is 24.4. The summed E-state index contributed by atoms with van der Waals surface area (Å²) < 4.78 is 12.2. The maximum atomic E-state index is 13.2. The van der Waals surface area contributed by atoms with Crippen molar-refractivity contribution in [2.75, 3.05) is 65.4 Å². The summed E-state index contributed by atoms with van der Waals surface area (Å²) in [5.74, 6) is 0.657. The van der Waals surface area contributed by atoms with E-state index in [1.807, 2.05) is 19.1 Å². The summed E-state index contributed by atoms with van der Waals surface area (Å²) in [6, 6.07) is 5.41. The number of piperazine rings is 2. The van der Waals surface area contributed by atoms with Gasteiger partial charge in [-0.25, -0.2) is 0 Å². The van der Waals surface area contributed by atoms with Crippen molar-refractivity contribution >= 4 is 11.9 Å². The first-order valence-electron chi connectivity index (χ1n) is 15.6. The van der Waals surface area contributed by atoms with E-state index in [-0.39, 0.29) is 30.9 Å². The molecule has 0 aromatic heterocycles. The average molecular weight is 551 g/mol. The lowest BCUT2D eigenvalue weighted by molar-refractivity contribution is -0.136. The molecule has 1 atom stereocenters. The van der Waals surface area contributed by atoms with Crippen molar-refractivity contribution in [3.8, 4) is 11.5 Å². The summed E-state index contributed by atoms with van der Waals surface area (Å²) in [4.78, 5) is 35.9. The minimum Gasteiger partial charge on any atom is -0.425 e. The monoisotopic (exact) mass is 550 g/mol. The van der Waals surface area contributed by atoms with Gasteiger partial charge < -0.3 is 9.47 Å². The Morgan fingerprint density at radius 2 is 1.20 bits per heavy atom. The van der Waals surface area contributed by atoms with Crippen molar-refractivity contribution in [3.63, 3.8) is 0 Å². The predicted molar refractivity (Wildman–Crippen MR) is 155 cm³/mol. The van der Waals surface area contributed by atoms with Crippen LogP contribution < -0.4 is 9.47 Å². The van der Waals surface area contributed by atoms with E-state index in [0.29, 0.717) is 11.5 Å². The van der Waals surface area contributed by atoms with Crippen LogP contribution in [0.5, 0.6) is 11.5 Å². The van der Waals surface area contributed by atoms with E-state index in [0.717, 1.165) is 94.8 Å². The second-order valence-electron chi connectivity index (χ2n) is 12.7. The number of carbonyl (C=O) groups excluding carboxylic acids is 2. The fourth-order valence-corrected chi connectivity index (χ4v) is 6.73. The van der Waals surface area contributed by atoms with Crippen LogP contribution in [0.1, 0.15) is 68.9 Å². The highest BCUT2D eigenvalue weighted by molar-refractivity contribution is 5.78. The number of ether oxygens (including phenoxy) is 2. The van der Waals surface area contributed by atoms with Crippen LogP contribution in [0, 0.1) is 6.92 Å². The van der Waals surface area contributed by atoms with Crippen molar-refractivity contribution in [2.24, 2.45) is 0 Å². The zero-order chi connectivity index (χ0) is 27.6. The molecular weight excluding hydrogens is 504 g/mol. The van der Waals surface area contributed by atoms with Crippen LogP contribution in [0.4, 0.5) is 0 Å². The van der Waals surface area contributed by atoms with Crippen molar-refractivity contribution in [2.45, 2.75) is 76.8 Å². The van der Waals surface area contributed by atoms with Gasteiger partial charge in [0.05, 0.1) is 13.1 Å². The van der Waals surface area contributed by atoms with Crippen LogP contribution in [0.15, 0.2) is 23.8 Å². The Hall–Kier alpha value is -2.26. The molecule has 8 heteroatoms. The van der Waals surface area contributed by atoms with E-state index in [9.17, 15) is 9.59 Å². The van der Waals surface area contributed by atoms with Gasteiger partial charge in [-0.1, -0.05) is 11.6 Å². The van der Waals surface area contributed by atoms with Crippen LogP contribution in [0.25, 0.3) is 0 Å². The molecule has 218 valence electrons. The summed E-state index contributed by atoms with van der Waals surface area (Å²) in [7, 11) is 0. The van der Waals surface area contributed by atoms with Gasteiger partial charge in [0.1, 0.15) is 11.5 Å². The van der Waals surface area contributed by atoms with Gasteiger partial charge in [0.15, 0.2) is 0 Å². The van der Waals surface area contributed by atoms with Gasteiger partial charge in [0.2, 0.25) is 0 Å². The quantitative estimate of drug-likeness (QED) is 0.263. The molecular formula is C32H46N4O4. The Morgan fingerprint density at radius 1 is 0.725 bits per heavy atom. The van der Waals surface area contributed by atoms with Crippen LogP contribution in [-0.2, 0) is 9.59 Å². The summed E-state index contributed by atoms with van der Waals surface area (Å²) in [6.07, 6.45) is 10.6. The van der Waals surface area contributed by atoms with E-state index in [1.54, 1.807) is 0 Å². The van der Waals surface area contributed by atoms with Crippen LogP contribution in [-0.4, -0.2) is 109 Å². The normalized spacial score (nSPS) is 25.4. The molecule has 0 amide bonds. The van der Waals surface area contributed by atoms with E-state index >= 15 is 0 Å². The molecule has 5 aliphatic rings. The van der Waals surface area contributed by atoms with Crippen LogP contribution >= 0.6 is 0 Å². The van der Waals surface area contributed by atoms with Gasteiger partial charge in [0.25, 0.3) is 0 Å². The van der Waals surface area contributed by atoms with E-state index in [1.165, 1.54) is 31.3 Å². The number of aryl methyl sites for hydroxylation is 1. The summed E-state index contributed by atoms with van der Waals surface area (Å²) in [5, 5.41) is 0. The number of carbonyl (C=O) groups is 2. The first kappa shape index (κ1) is 27.9. The SMILES string of the molecule is CC1=CC(c2c(OC(=O)CN3CCN(C4CC4)CC3)cc(C)cc2OC(=O)CN2CCN(C3CC3)CC2)CCC1. The lowest BCUT2D eigenvalue weighted by Gasteiger charge is -2.34. The zero-order valence-corrected chi connectivity index (χ0v) is 24.4. The van der Waals surface area contributed by atoms with Crippen molar-refractivity contribution in [1.29, 1.82) is 0 Å². The van der Waals surface area contributed by atoms with Gasteiger partial charge in [-0.05, 0) is 76.5 Å². The number of hydrogen-bond acceptors (Lipinski definition) is 8. The lowest BCUT2D eigenvalue weighted by Crippen LogP contribution is -2.49. The van der Waals surface area contributed by atoms with Crippen molar-refractivity contribution in [3.05, 3.63) is 34.9 Å². The molecule has 2 saturated carbocycles. The molecule has 0 bridgehead atoms. The average Bonchev–Trinajstić information content (AvgIpc) is 3.83. The molecule has 2 heterocycles. The number of rotatable bonds is 9. The number of nitrogens with zero attached hydrogens (tertiary/aromatic N) is 4. The third-order valence-corrected chi connectivity index (χ3v) is 9.28. The fourth-order valence-electron chi connectivity index (χ4n) is 6.73. The fraction of sp³-hybridized carbons (Fsp3) is 0.688. The first-order chi connectivity index (χ1) is 19.4. The number of benzene rings is 1. The highest BCUT2D eigenvalue weighted by Gasteiger charge is 2.33. The molecule has 8 nitrogen and oxygen atoms in total. The Morgan fingerprint density at radius 3 is 1.62 bits per heavy atom. The van der Waals surface area contributed by atoms with Crippen LogP contribution in [0.2, 0.25) is 0 Å². The second kappa shape index (κ2) is 12.3. The molecule has 40 heavy (non-hydrogen) atoms. The molecule has 2 saturated heterocycles. The number of allylic oxidation sites excluding steroid dienone is 2. The van der Waals surface area contributed by atoms with Crippen molar-refractivity contribution < 1.29 is 19.1 Å². The van der Waals surface area contributed by atoms with E-state index in [2.05, 4.69) is 32.6 Å². The first-order valence-corrected chi connectivity index (χ1v) is 15.6. The van der Waals surface area contributed by atoms with Gasteiger partial charge in [-0.3, -0.25) is 29.2 Å². The molecule has 0 N–H and O–H groups in total. The molecule has 6 rings (SSSR count). The summed E-state index contributed by atoms with van der Waals surface area (Å²) in [6.45, 7) is 12.4. The van der Waals surface area contributed by atoms with E-state index in [4.69, 9.17) is 9.47 Å². The topological polar surface area (TPSA) is 65.6 Å². The smallest absolute Gasteiger partial charge is 0.325 e. The molecule has 0 radical (unpaired) electrons. The molecule has 4 fully saturated rings. The molecule has 3 aliphatic carbocycles. The Kier molecular flexibility index (Phi) is 8.58. The summed E-state index contributed by atoms with van der Waals surface area (Å²) in [5.41, 5.74) is 3.08. The number of esters is 2. The van der Waals surface area contributed by atoms with Crippen molar-refractivity contribution in [1.82, 2.24) is 19.6 Å². The Balaban J connectivity index is 1.14. The molecule has 1 aromatic rings. The maximum Gasteiger partial charge on any atom is 0.325 e. The van der Waals surface area contributed by atoms with E-state index < -0.39 is 0 Å². The van der Waals surface area contributed by atoms with Crippen LogP contribution in [0.3, 0.4) is 0 Å². The van der Waals surface area contributed by atoms with Gasteiger partial charge in [0, 0.05) is 75.9 Å². The maximum absolute atomic E-state index is 13.2. The van der Waals surface area contributed by atoms with Gasteiger partial charge >= 0.3 is 11.9 Å². The standard InChI is InChI=1S/C32H46N4O4/c1-23-4-3-5-25(18-23)32-28(39-30(37)21-33-10-14-35(15-11-33)26-6-7-26)19-24(2)20-29(32)40-31(38)22-34-12-16-36(17-13-34)27-8-9-27/h18-20,25-27H,3-17,21-22H2,1-2H3. The van der Waals surface area contributed by atoms with Gasteiger partial charge in [-0.15, -0.1) is 0 Å².